The van der Waals surface area contributed by atoms with E-state index in [2.05, 4.69) is 15.4 Å². The van der Waals surface area contributed by atoms with E-state index in [0.717, 1.165) is 50.5 Å². The Morgan fingerprint density at radius 3 is 2.68 bits per heavy atom. The maximum absolute atomic E-state index is 13.4. The van der Waals surface area contributed by atoms with Crippen LogP contribution in [-0.2, 0) is 20.7 Å². The second-order valence-corrected chi connectivity index (χ2v) is 8.24. The summed E-state index contributed by atoms with van der Waals surface area (Å²) in [4.78, 5) is 29.7. The Kier molecular flexibility index (Phi) is 6.67. The first-order valence-electron chi connectivity index (χ1n) is 11.0. The maximum Gasteiger partial charge on any atom is 0.246 e. The molecule has 1 N–H and O–H groups in total. The number of nitrogens with zero attached hydrogens (tertiary/aromatic N) is 3. The zero-order valence-electron chi connectivity index (χ0n) is 18.0. The smallest absolute Gasteiger partial charge is 0.246 e. The summed E-state index contributed by atoms with van der Waals surface area (Å²) >= 11 is 0. The molecular weight excluding hydrogens is 396 g/mol. The van der Waals surface area contributed by atoms with E-state index in [-0.39, 0.29) is 11.8 Å². The van der Waals surface area contributed by atoms with Gasteiger partial charge in [0, 0.05) is 57.7 Å². The van der Waals surface area contributed by atoms with E-state index >= 15 is 0 Å². The summed E-state index contributed by atoms with van der Waals surface area (Å²) in [6.45, 7) is 6.62. The molecule has 4 rings (SSSR count). The van der Waals surface area contributed by atoms with Crippen LogP contribution in [0.15, 0.2) is 40.9 Å². The van der Waals surface area contributed by atoms with Gasteiger partial charge in [0.2, 0.25) is 11.8 Å². The molecule has 31 heavy (non-hydrogen) atoms. The Balaban J connectivity index is 1.48. The van der Waals surface area contributed by atoms with Crippen molar-refractivity contribution in [2.75, 3.05) is 45.9 Å². The summed E-state index contributed by atoms with van der Waals surface area (Å²) in [6.07, 6.45) is 1.71. The summed E-state index contributed by atoms with van der Waals surface area (Å²) in [6, 6.07) is 11.6. The molecule has 0 radical (unpaired) electrons. The average molecular weight is 427 g/mol. The van der Waals surface area contributed by atoms with E-state index in [1.807, 2.05) is 36.4 Å². The van der Waals surface area contributed by atoms with Crippen LogP contribution in [0.2, 0.25) is 0 Å². The van der Waals surface area contributed by atoms with Gasteiger partial charge in [-0.15, -0.1) is 0 Å². The number of hydrogen-bond donors (Lipinski definition) is 1. The monoisotopic (exact) mass is 426 g/mol. The molecule has 0 saturated carbocycles. The molecule has 3 heterocycles. The molecule has 1 atom stereocenters. The third kappa shape index (κ3) is 4.80. The number of carbonyl (C=O) groups is 2. The molecule has 8 heteroatoms. The average Bonchev–Trinajstić information content (AvgIpc) is 3.43. The van der Waals surface area contributed by atoms with Crippen LogP contribution in [0.25, 0.3) is 11.3 Å². The highest BCUT2D eigenvalue weighted by Gasteiger charge is 2.49. The Bertz CT molecular complexity index is 894. The van der Waals surface area contributed by atoms with Gasteiger partial charge in [0.1, 0.15) is 17.0 Å². The lowest BCUT2D eigenvalue weighted by Gasteiger charge is -2.36. The summed E-state index contributed by atoms with van der Waals surface area (Å²) in [5, 5.41) is 7.26. The second kappa shape index (κ2) is 9.62. The number of nitrogens with one attached hydrogen (secondary N) is 1. The molecule has 0 unspecified atom stereocenters. The SMILES string of the molecule is CC(=O)N1CCC[C@@]1(Cc1cc(-c2ccccc2)no1)C(=O)NCCN1CCOCC1. The molecule has 2 aliphatic rings. The number of carbonyl (C=O) groups excluding carboxylic acids is 2. The standard InChI is InChI=1S/C23H30N4O4/c1-18(28)27-10-5-8-23(27,22(29)24-9-11-26-12-14-30-15-13-26)17-20-16-21(25-31-20)19-6-3-2-4-7-19/h2-4,6-7,16H,5,8-15,17H2,1H3,(H,24,29)/t23-/m1/s1. The van der Waals surface area contributed by atoms with Gasteiger partial charge in [-0.25, -0.2) is 0 Å². The van der Waals surface area contributed by atoms with Crippen molar-refractivity contribution in [3.8, 4) is 11.3 Å². The fourth-order valence-electron chi connectivity index (χ4n) is 4.58. The normalized spacial score (nSPS) is 21.9. The van der Waals surface area contributed by atoms with E-state index in [4.69, 9.17) is 9.26 Å². The number of likely N-dealkylation sites (tertiary alicyclic amines) is 1. The van der Waals surface area contributed by atoms with Gasteiger partial charge in [-0.1, -0.05) is 35.5 Å². The zero-order chi connectivity index (χ0) is 21.7. The van der Waals surface area contributed by atoms with Crippen LogP contribution in [0.3, 0.4) is 0 Å². The van der Waals surface area contributed by atoms with Crippen molar-refractivity contribution >= 4 is 11.8 Å². The zero-order valence-corrected chi connectivity index (χ0v) is 18.0. The topological polar surface area (TPSA) is 87.9 Å². The molecule has 2 aromatic rings. The highest BCUT2D eigenvalue weighted by atomic mass is 16.5. The third-order valence-electron chi connectivity index (χ3n) is 6.20. The highest BCUT2D eigenvalue weighted by molar-refractivity contribution is 5.91. The van der Waals surface area contributed by atoms with Crippen LogP contribution in [0.5, 0.6) is 0 Å². The molecule has 2 fully saturated rings. The molecule has 2 amide bonds. The second-order valence-electron chi connectivity index (χ2n) is 8.24. The van der Waals surface area contributed by atoms with Crippen LogP contribution in [-0.4, -0.2) is 78.2 Å². The molecular formula is C23H30N4O4. The fraction of sp³-hybridized carbons (Fsp3) is 0.522. The maximum atomic E-state index is 13.4. The first-order valence-corrected chi connectivity index (χ1v) is 11.0. The van der Waals surface area contributed by atoms with Crippen LogP contribution in [0, 0.1) is 0 Å². The highest BCUT2D eigenvalue weighted by Crippen LogP contribution is 2.34. The number of hydrogen-bond acceptors (Lipinski definition) is 6. The number of rotatable bonds is 7. The number of benzene rings is 1. The molecule has 166 valence electrons. The number of morpholine rings is 1. The largest absolute Gasteiger partial charge is 0.379 e. The molecule has 8 nitrogen and oxygen atoms in total. The summed E-state index contributed by atoms with van der Waals surface area (Å²) in [7, 11) is 0. The van der Waals surface area contributed by atoms with Gasteiger partial charge < -0.3 is 19.5 Å². The molecule has 1 aromatic carbocycles. The summed E-state index contributed by atoms with van der Waals surface area (Å²) in [5.74, 6) is 0.394. The van der Waals surface area contributed by atoms with Crippen molar-refractivity contribution in [2.24, 2.45) is 0 Å². The van der Waals surface area contributed by atoms with Crippen LogP contribution >= 0.6 is 0 Å². The van der Waals surface area contributed by atoms with Crippen molar-refractivity contribution in [3.63, 3.8) is 0 Å². The molecule has 0 bridgehead atoms. The molecule has 1 aromatic heterocycles. The molecule has 2 saturated heterocycles. The van der Waals surface area contributed by atoms with Crippen molar-refractivity contribution in [1.82, 2.24) is 20.3 Å². The van der Waals surface area contributed by atoms with E-state index in [1.54, 1.807) is 4.90 Å². The van der Waals surface area contributed by atoms with Crippen molar-refractivity contribution in [3.05, 3.63) is 42.2 Å². The van der Waals surface area contributed by atoms with Gasteiger partial charge in [0.15, 0.2) is 0 Å². The Morgan fingerprint density at radius 2 is 1.94 bits per heavy atom. The van der Waals surface area contributed by atoms with Gasteiger partial charge in [-0.3, -0.25) is 14.5 Å². The van der Waals surface area contributed by atoms with E-state index in [0.29, 0.717) is 31.7 Å². The third-order valence-corrected chi connectivity index (χ3v) is 6.20. The fourth-order valence-corrected chi connectivity index (χ4v) is 4.58. The summed E-state index contributed by atoms with van der Waals surface area (Å²) in [5.41, 5.74) is 0.742. The Hall–Kier alpha value is -2.71. The minimum atomic E-state index is -0.940. The van der Waals surface area contributed by atoms with Gasteiger partial charge >= 0.3 is 0 Å². The van der Waals surface area contributed by atoms with Crippen molar-refractivity contribution < 1.29 is 18.8 Å². The van der Waals surface area contributed by atoms with E-state index in [1.165, 1.54) is 6.92 Å². The van der Waals surface area contributed by atoms with E-state index in [9.17, 15) is 9.59 Å². The van der Waals surface area contributed by atoms with Crippen molar-refractivity contribution in [2.45, 2.75) is 31.7 Å². The van der Waals surface area contributed by atoms with Gasteiger partial charge in [0.25, 0.3) is 0 Å². The summed E-state index contributed by atoms with van der Waals surface area (Å²) < 4.78 is 11.0. The quantitative estimate of drug-likeness (QED) is 0.725. The minimum absolute atomic E-state index is 0.0939. The first-order chi connectivity index (χ1) is 15.1. The number of aromatic nitrogens is 1. The molecule has 2 aliphatic heterocycles. The van der Waals surface area contributed by atoms with Gasteiger partial charge in [-0.2, -0.15) is 0 Å². The molecule has 0 aliphatic carbocycles. The number of ether oxygens (including phenoxy) is 1. The van der Waals surface area contributed by atoms with Crippen LogP contribution in [0.1, 0.15) is 25.5 Å². The van der Waals surface area contributed by atoms with E-state index < -0.39 is 5.54 Å². The predicted octanol–water partition coefficient (Wildman–Crippen LogP) is 1.71. The lowest BCUT2D eigenvalue weighted by molar-refractivity contribution is -0.144. The Labute approximate surface area is 182 Å². The predicted molar refractivity (Wildman–Crippen MR) is 115 cm³/mol. The Morgan fingerprint density at radius 1 is 1.16 bits per heavy atom. The van der Waals surface area contributed by atoms with Crippen LogP contribution < -0.4 is 5.32 Å². The van der Waals surface area contributed by atoms with Crippen molar-refractivity contribution in [1.29, 1.82) is 0 Å². The number of amides is 2. The molecule has 0 spiro atoms. The van der Waals surface area contributed by atoms with Crippen LogP contribution in [0.4, 0.5) is 0 Å². The minimum Gasteiger partial charge on any atom is -0.379 e. The van der Waals surface area contributed by atoms with Gasteiger partial charge in [0.05, 0.1) is 13.2 Å². The van der Waals surface area contributed by atoms with Gasteiger partial charge in [-0.05, 0) is 12.8 Å². The lowest BCUT2D eigenvalue weighted by atomic mass is 9.89. The lowest BCUT2D eigenvalue weighted by Crippen LogP contribution is -2.59. The first kappa shape index (κ1) is 21.5.